The van der Waals surface area contributed by atoms with Gasteiger partial charge in [-0.25, -0.2) is 14.1 Å². The molecule has 0 N–H and O–H groups in total. The van der Waals surface area contributed by atoms with Crippen LogP contribution < -0.4 is 4.90 Å². The first kappa shape index (κ1) is 23.0. The molecular formula is C27H23FN4O2S2. The zero-order valence-corrected chi connectivity index (χ0v) is 21.2. The number of nitrogens with zero attached hydrogens (tertiary/aromatic N) is 4. The minimum atomic E-state index is -0.293. The van der Waals surface area contributed by atoms with Crippen LogP contribution in [0, 0.1) is 12.7 Å². The second-order valence-electron chi connectivity index (χ2n) is 8.74. The van der Waals surface area contributed by atoms with Gasteiger partial charge in [-0.05, 0) is 62.2 Å². The van der Waals surface area contributed by atoms with Crippen LogP contribution in [0.4, 0.5) is 9.52 Å². The van der Waals surface area contributed by atoms with Crippen LogP contribution in [-0.4, -0.2) is 39.9 Å². The smallest absolute Gasteiger partial charge is 0.270 e. The van der Waals surface area contributed by atoms with Gasteiger partial charge >= 0.3 is 0 Å². The number of benzene rings is 2. The van der Waals surface area contributed by atoms with Gasteiger partial charge in [0.1, 0.15) is 10.6 Å². The average Bonchev–Trinajstić information content (AvgIpc) is 3.69. The van der Waals surface area contributed by atoms with Crippen LogP contribution in [-0.2, 0) is 4.74 Å². The summed E-state index contributed by atoms with van der Waals surface area (Å²) < 4.78 is 21.2. The molecule has 182 valence electrons. The van der Waals surface area contributed by atoms with E-state index < -0.39 is 0 Å². The molecule has 0 bridgehead atoms. The highest BCUT2D eigenvalue weighted by Crippen LogP contribution is 2.34. The zero-order chi connectivity index (χ0) is 24.6. The maximum Gasteiger partial charge on any atom is 0.270 e. The third-order valence-electron chi connectivity index (χ3n) is 6.27. The average molecular weight is 519 g/mol. The summed E-state index contributed by atoms with van der Waals surface area (Å²) in [6, 6.07) is 18.1. The van der Waals surface area contributed by atoms with E-state index in [0.29, 0.717) is 28.9 Å². The van der Waals surface area contributed by atoms with Crippen molar-refractivity contribution in [3.8, 4) is 16.9 Å². The molecule has 2 aromatic carbocycles. The van der Waals surface area contributed by atoms with Gasteiger partial charge in [-0.15, -0.1) is 22.7 Å². The van der Waals surface area contributed by atoms with Gasteiger partial charge in [-0.2, -0.15) is 5.10 Å². The normalized spacial score (nSPS) is 15.6. The second kappa shape index (κ2) is 9.57. The van der Waals surface area contributed by atoms with E-state index in [1.165, 1.54) is 34.8 Å². The molecule has 0 radical (unpaired) electrons. The molecule has 0 spiro atoms. The largest absolute Gasteiger partial charge is 0.376 e. The number of amides is 1. The number of anilines is 1. The van der Waals surface area contributed by atoms with Gasteiger partial charge in [-0.3, -0.25) is 9.69 Å². The molecular weight excluding hydrogens is 495 g/mol. The van der Waals surface area contributed by atoms with Crippen molar-refractivity contribution in [2.75, 3.05) is 18.1 Å². The fourth-order valence-electron chi connectivity index (χ4n) is 4.41. The molecule has 5 aromatic rings. The number of aryl methyl sites for hydroxylation is 1. The number of fused-ring (bicyclic) bond motifs is 1. The highest BCUT2D eigenvalue weighted by atomic mass is 32.1. The third-order valence-corrected chi connectivity index (χ3v) is 8.24. The van der Waals surface area contributed by atoms with E-state index in [2.05, 4.69) is 0 Å². The number of thiophene rings is 1. The minimum absolute atomic E-state index is 0.0250. The fraction of sp³-hybridized carbons (Fsp3) is 0.222. The van der Waals surface area contributed by atoms with Gasteiger partial charge in [0.2, 0.25) is 0 Å². The van der Waals surface area contributed by atoms with Crippen LogP contribution in [0.1, 0.15) is 28.2 Å². The number of hydrogen-bond acceptors (Lipinski definition) is 6. The van der Waals surface area contributed by atoms with E-state index in [-0.39, 0.29) is 17.8 Å². The molecule has 36 heavy (non-hydrogen) atoms. The molecule has 1 aliphatic heterocycles. The van der Waals surface area contributed by atoms with Gasteiger partial charge in [0.15, 0.2) is 5.13 Å². The Morgan fingerprint density at radius 1 is 1.19 bits per heavy atom. The molecule has 3 aromatic heterocycles. The molecule has 4 heterocycles. The van der Waals surface area contributed by atoms with Crippen molar-refractivity contribution in [3.63, 3.8) is 0 Å². The van der Waals surface area contributed by atoms with Crippen LogP contribution >= 0.6 is 22.7 Å². The lowest BCUT2D eigenvalue weighted by molar-refractivity contribution is 0.0920. The summed E-state index contributed by atoms with van der Waals surface area (Å²) in [5.74, 6) is -0.399. The first-order chi connectivity index (χ1) is 17.6. The summed E-state index contributed by atoms with van der Waals surface area (Å²) in [6.45, 7) is 3.11. The first-order valence-electron chi connectivity index (χ1n) is 11.8. The molecule has 0 saturated carbocycles. The van der Waals surface area contributed by atoms with E-state index in [0.717, 1.165) is 40.0 Å². The number of ether oxygens (including phenoxy) is 1. The Morgan fingerprint density at radius 2 is 2.00 bits per heavy atom. The predicted molar refractivity (Wildman–Crippen MR) is 142 cm³/mol. The number of halogens is 1. The van der Waals surface area contributed by atoms with Crippen molar-refractivity contribution in [3.05, 3.63) is 82.4 Å². The summed E-state index contributed by atoms with van der Waals surface area (Å²) in [7, 11) is 0. The minimum Gasteiger partial charge on any atom is -0.376 e. The summed E-state index contributed by atoms with van der Waals surface area (Å²) >= 11 is 2.84. The van der Waals surface area contributed by atoms with Crippen molar-refractivity contribution in [1.29, 1.82) is 0 Å². The SMILES string of the molecule is Cc1nn(-c2ccccc2)c2sc(C(=O)N(C[C@@H]3CCCO3)c3nc(-c4ccc(F)cc4)cs3)cc12. The Kier molecular flexibility index (Phi) is 6.12. The van der Waals surface area contributed by atoms with E-state index in [1.54, 1.807) is 17.0 Å². The van der Waals surface area contributed by atoms with Gasteiger partial charge in [0, 0.05) is 22.9 Å². The molecule has 1 saturated heterocycles. The molecule has 1 aliphatic rings. The van der Waals surface area contributed by atoms with Crippen LogP contribution in [0.5, 0.6) is 0 Å². The Balaban J connectivity index is 1.36. The number of para-hydroxylation sites is 1. The van der Waals surface area contributed by atoms with Crippen LogP contribution in [0.2, 0.25) is 0 Å². The Morgan fingerprint density at radius 3 is 2.75 bits per heavy atom. The van der Waals surface area contributed by atoms with Gasteiger partial charge in [-0.1, -0.05) is 18.2 Å². The Labute approximate surface area is 215 Å². The lowest BCUT2D eigenvalue weighted by Gasteiger charge is -2.22. The maximum atomic E-state index is 13.9. The number of carbonyl (C=O) groups excluding carboxylic acids is 1. The van der Waals surface area contributed by atoms with Crippen LogP contribution in [0.25, 0.3) is 27.2 Å². The molecule has 0 aliphatic carbocycles. The van der Waals surface area contributed by atoms with Crippen molar-refractivity contribution in [2.24, 2.45) is 0 Å². The van der Waals surface area contributed by atoms with Gasteiger partial charge in [0.25, 0.3) is 5.91 Å². The summed E-state index contributed by atoms with van der Waals surface area (Å²) in [5, 5.41) is 8.17. The van der Waals surface area contributed by atoms with Crippen LogP contribution in [0.3, 0.4) is 0 Å². The lowest BCUT2D eigenvalue weighted by atomic mass is 10.2. The van der Waals surface area contributed by atoms with E-state index in [4.69, 9.17) is 14.8 Å². The quantitative estimate of drug-likeness (QED) is 0.258. The van der Waals surface area contributed by atoms with E-state index in [9.17, 15) is 9.18 Å². The van der Waals surface area contributed by atoms with Crippen molar-refractivity contribution in [2.45, 2.75) is 25.9 Å². The zero-order valence-electron chi connectivity index (χ0n) is 19.6. The first-order valence-corrected chi connectivity index (χ1v) is 13.5. The standard InChI is InChI=1S/C27H23FN4O2S2/c1-17-22-14-24(36-26(22)32(30-17)20-6-3-2-4-7-20)25(33)31(15-21-8-5-13-34-21)27-29-23(16-35-27)18-9-11-19(28)12-10-18/h2-4,6-7,9-12,14,16,21H,5,8,13,15H2,1H3/t21-/m0/s1. The van der Waals surface area contributed by atoms with Gasteiger partial charge in [0.05, 0.1) is 34.6 Å². The van der Waals surface area contributed by atoms with Gasteiger partial charge < -0.3 is 4.74 Å². The monoisotopic (exact) mass is 518 g/mol. The van der Waals surface area contributed by atoms with E-state index in [1.807, 2.05) is 53.4 Å². The lowest BCUT2D eigenvalue weighted by Crippen LogP contribution is -2.37. The maximum absolute atomic E-state index is 13.9. The highest BCUT2D eigenvalue weighted by molar-refractivity contribution is 7.20. The predicted octanol–water partition coefficient (Wildman–Crippen LogP) is 6.48. The number of aromatic nitrogens is 3. The van der Waals surface area contributed by atoms with Crippen LogP contribution in [0.15, 0.2) is 66.0 Å². The molecule has 6 rings (SSSR count). The summed E-state index contributed by atoms with van der Waals surface area (Å²) in [5.41, 5.74) is 3.36. The second-order valence-corrected chi connectivity index (χ2v) is 10.6. The number of carbonyl (C=O) groups is 1. The Bertz CT molecular complexity index is 1520. The fourth-order valence-corrected chi connectivity index (χ4v) is 6.38. The third kappa shape index (κ3) is 4.34. The molecule has 1 atom stereocenters. The molecule has 0 unspecified atom stereocenters. The van der Waals surface area contributed by atoms with Crippen molar-refractivity contribution < 1.29 is 13.9 Å². The summed E-state index contributed by atoms with van der Waals surface area (Å²) in [6.07, 6.45) is 1.87. The van der Waals surface area contributed by atoms with Crippen molar-refractivity contribution >= 4 is 43.9 Å². The highest BCUT2D eigenvalue weighted by Gasteiger charge is 2.29. The number of rotatable bonds is 6. The number of thiazole rings is 1. The Hall–Kier alpha value is -3.40. The molecule has 1 amide bonds. The summed E-state index contributed by atoms with van der Waals surface area (Å²) in [4.78, 5) is 22.0. The molecule has 9 heteroatoms. The van der Waals surface area contributed by atoms with Crippen molar-refractivity contribution in [1.82, 2.24) is 14.8 Å². The van der Waals surface area contributed by atoms with E-state index >= 15 is 0 Å². The molecule has 6 nitrogen and oxygen atoms in total. The topological polar surface area (TPSA) is 60.2 Å². The number of hydrogen-bond donors (Lipinski definition) is 0. The molecule has 1 fully saturated rings.